The number of hydrogen-bond donors (Lipinski definition) is 1. The molecular weight excluding hydrogens is 473 g/mol. The van der Waals surface area contributed by atoms with Crippen molar-refractivity contribution >= 4 is 38.3 Å². The summed E-state index contributed by atoms with van der Waals surface area (Å²) in [5.74, 6) is -5.33. The Kier molecular flexibility index (Phi) is 5.64. The lowest BCUT2D eigenvalue weighted by Crippen LogP contribution is -2.36. The molecule has 0 atom stereocenters. The number of morpholine rings is 1. The van der Waals surface area contributed by atoms with E-state index in [0.29, 0.717) is 62.1 Å². The maximum Gasteiger partial charge on any atom is 0.235 e. The van der Waals surface area contributed by atoms with Crippen molar-refractivity contribution in [1.29, 1.82) is 0 Å². The summed E-state index contributed by atoms with van der Waals surface area (Å²) in [6.07, 6.45) is 2.35. The molecule has 0 unspecified atom stereocenters. The third-order valence-electron chi connectivity index (χ3n) is 5.73. The molecule has 12 heteroatoms. The molecule has 0 spiro atoms. The van der Waals surface area contributed by atoms with Gasteiger partial charge in [0.15, 0.2) is 23.2 Å². The second-order valence-electron chi connectivity index (χ2n) is 8.12. The fourth-order valence-electron chi connectivity index (χ4n) is 3.72. The predicted molar refractivity (Wildman–Crippen MR) is 118 cm³/mol. The standard InChI is InChI=1S/C22H19F3N4O4S/c23-14-10-17(28-34(31,32)13-2-3-13)21(25)19(20(14)24)22(30)12-1-4-15-16(9-12)27-18(11-26-15)29-5-7-33-8-6-29/h1,4,9-11,13,28H,2-3,5-8H2. The van der Waals surface area contributed by atoms with Gasteiger partial charge in [-0.15, -0.1) is 0 Å². The number of rotatable bonds is 6. The summed E-state index contributed by atoms with van der Waals surface area (Å²) in [5.41, 5.74) is -1.40. The van der Waals surface area contributed by atoms with Crippen LogP contribution in [0.1, 0.15) is 28.8 Å². The number of carbonyl (C=O) groups is 1. The first kappa shape index (κ1) is 22.5. The quantitative estimate of drug-likeness (QED) is 0.417. The van der Waals surface area contributed by atoms with Gasteiger partial charge >= 0.3 is 0 Å². The van der Waals surface area contributed by atoms with Crippen LogP contribution in [0.15, 0.2) is 30.5 Å². The summed E-state index contributed by atoms with van der Waals surface area (Å²) in [6, 6.07) is 4.46. The smallest absolute Gasteiger partial charge is 0.235 e. The fraction of sp³-hybridized carbons (Fsp3) is 0.318. The largest absolute Gasteiger partial charge is 0.378 e. The molecule has 5 rings (SSSR count). The topological polar surface area (TPSA) is 101 Å². The molecule has 1 aliphatic carbocycles. The van der Waals surface area contributed by atoms with Crippen LogP contribution in [0.4, 0.5) is 24.7 Å². The van der Waals surface area contributed by atoms with Gasteiger partial charge in [-0.2, -0.15) is 0 Å². The van der Waals surface area contributed by atoms with Gasteiger partial charge < -0.3 is 9.64 Å². The van der Waals surface area contributed by atoms with E-state index in [0.717, 1.165) is 0 Å². The number of fused-ring (bicyclic) bond motifs is 1. The molecule has 0 radical (unpaired) electrons. The molecule has 0 bridgehead atoms. The average molecular weight is 492 g/mol. The number of halogens is 3. The van der Waals surface area contributed by atoms with Gasteiger partial charge in [-0.1, -0.05) is 0 Å². The first-order valence-corrected chi connectivity index (χ1v) is 12.1. The maximum absolute atomic E-state index is 15.1. The summed E-state index contributed by atoms with van der Waals surface area (Å²) in [7, 11) is -3.97. The number of anilines is 2. The van der Waals surface area contributed by atoms with E-state index in [-0.39, 0.29) is 5.56 Å². The van der Waals surface area contributed by atoms with Crippen LogP contribution in [0.2, 0.25) is 0 Å². The van der Waals surface area contributed by atoms with E-state index in [9.17, 15) is 22.0 Å². The third-order valence-corrected chi connectivity index (χ3v) is 7.58. The Labute approximate surface area is 192 Å². The lowest BCUT2D eigenvalue weighted by molar-refractivity contribution is 0.103. The van der Waals surface area contributed by atoms with Crippen molar-refractivity contribution in [1.82, 2.24) is 9.97 Å². The highest BCUT2D eigenvalue weighted by Crippen LogP contribution is 2.33. The Balaban J connectivity index is 1.52. The summed E-state index contributed by atoms with van der Waals surface area (Å²) in [5, 5.41) is -0.723. The summed E-state index contributed by atoms with van der Waals surface area (Å²) < 4.78 is 75.4. The van der Waals surface area contributed by atoms with Crippen LogP contribution < -0.4 is 9.62 Å². The van der Waals surface area contributed by atoms with E-state index in [4.69, 9.17) is 4.74 Å². The Bertz CT molecular complexity index is 1410. The highest BCUT2D eigenvalue weighted by atomic mass is 32.2. The van der Waals surface area contributed by atoms with Crippen molar-refractivity contribution in [2.24, 2.45) is 0 Å². The van der Waals surface area contributed by atoms with Gasteiger partial charge in [0.1, 0.15) is 5.82 Å². The minimum atomic E-state index is -3.97. The van der Waals surface area contributed by atoms with E-state index >= 15 is 4.39 Å². The van der Waals surface area contributed by atoms with E-state index < -0.39 is 49.8 Å². The van der Waals surface area contributed by atoms with E-state index in [1.165, 1.54) is 18.2 Å². The zero-order valence-electron chi connectivity index (χ0n) is 17.7. The predicted octanol–water partition coefficient (Wildman–Crippen LogP) is 3.02. The Morgan fingerprint density at radius 2 is 1.79 bits per heavy atom. The minimum absolute atomic E-state index is 0.152. The van der Waals surface area contributed by atoms with Crippen LogP contribution in [0.5, 0.6) is 0 Å². The minimum Gasteiger partial charge on any atom is -0.378 e. The van der Waals surface area contributed by atoms with Crippen molar-refractivity contribution in [3.05, 3.63) is 59.0 Å². The van der Waals surface area contributed by atoms with Crippen molar-refractivity contribution in [3.63, 3.8) is 0 Å². The zero-order valence-corrected chi connectivity index (χ0v) is 18.5. The number of nitrogens with zero attached hydrogens (tertiary/aromatic N) is 3. The SMILES string of the molecule is O=C(c1ccc2ncc(N3CCOCC3)nc2c1)c1c(F)c(F)cc(NS(=O)(=O)C2CC2)c1F. The molecule has 1 aliphatic heterocycles. The van der Waals surface area contributed by atoms with Gasteiger partial charge in [0, 0.05) is 24.7 Å². The zero-order chi connectivity index (χ0) is 24.0. The first-order chi connectivity index (χ1) is 16.2. The van der Waals surface area contributed by atoms with Crippen molar-refractivity contribution < 1.29 is 31.1 Å². The molecule has 1 saturated heterocycles. The lowest BCUT2D eigenvalue weighted by Gasteiger charge is -2.27. The number of ketones is 1. The van der Waals surface area contributed by atoms with Crippen molar-refractivity contribution in [2.45, 2.75) is 18.1 Å². The normalized spacial score (nSPS) is 16.6. The van der Waals surface area contributed by atoms with E-state index in [1.807, 2.05) is 9.62 Å². The molecule has 1 aromatic heterocycles. The molecule has 8 nitrogen and oxygen atoms in total. The van der Waals surface area contributed by atoms with Crippen LogP contribution in [-0.2, 0) is 14.8 Å². The summed E-state index contributed by atoms with van der Waals surface area (Å²) >= 11 is 0. The average Bonchev–Trinajstić information content (AvgIpc) is 3.69. The van der Waals surface area contributed by atoms with Gasteiger partial charge in [0.25, 0.3) is 0 Å². The summed E-state index contributed by atoms with van der Waals surface area (Å²) in [4.78, 5) is 23.8. The lowest BCUT2D eigenvalue weighted by atomic mass is 10.0. The van der Waals surface area contributed by atoms with Gasteiger partial charge in [-0.3, -0.25) is 14.5 Å². The number of hydrogen-bond acceptors (Lipinski definition) is 7. The molecule has 1 N–H and O–H groups in total. The van der Waals surface area contributed by atoms with Crippen molar-refractivity contribution in [2.75, 3.05) is 35.9 Å². The first-order valence-electron chi connectivity index (χ1n) is 10.6. The van der Waals surface area contributed by atoms with E-state index in [2.05, 4.69) is 9.97 Å². The Hall–Kier alpha value is -3.25. The third kappa shape index (κ3) is 4.18. The maximum atomic E-state index is 15.1. The monoisotopic (exact) mass is 492 g/mol. The number of sulfonamides is 1. The van der Waals surface area contributed by atoms with Gasteiger partial charge in [0.05, 0.1) is 46.9 Å². The highest BCUT2D eigenvalue weighted by Gasteiger charge is 2.37. The van der Waals surface area contributed by atoms with Gasteiger partial charge in [-0.05, 0) is 31.0 Å². The molecule has 178 valence electrons. The van der Waals surface area contributed by atoms with Crippen LogP contribution in [-0.4, -0.2) is 55.7 Å². The van der Waals surface area contributed by atoms with Crippen LogP contribution in [0.25, 0.3) is 11.0 Å². The molecule has 2 fully saturated rings. The summed E-state index contributed by atoms with van der Waals surface area (Å²) in [6.45, 7) is 2.28. The van der Waals surface area contributed by atoms with Crippen molar-refractivity contribution in [3.8, 4) is 0 Å². The molecule has 0 amide bonds. The fourth-order valence-corrected chi connectivity index (χ4v) is 5.10. The number of aromatic nitrogens is 2. The second kappa shape index (κ2) is 8.51. The second-order valence-corrected chi connectivity index (χ2v) is 10.1. The molecule has 3 aromatic rings. The molecule has 1 saturated carbocycles. The van der Waals surface area contributed by atoms with Crippen LogP contribution in [0.3, 0.4) is 0 Å². The molecule has 2 aromatic carbocycles. The van der Waals surface area contributed by atoms with Crippen LogP contribution in [0, 0.1) is 17.5 Å². The van der Waals surface area contributed by atoms with Gasteiger partial charge in [0.2, 0.25) is 10.0 Å². The van der Waals surface area contributed by atoms with Crippen LogP contribution >= 0.6 is 0 Å². The molecular formula is C22H19F3N4O4S. The Morgan fingerprint density at radius 1 is 1.06 bits per heavy atom. The molecule has 2 aliphatic rings. The highest BCUT2D eigenvalue weighted by molar-refractivity contribution is 7.93. The van der Waals surface area contributed by atoms with Gasteiger partial charge in [-0.25, -0.2) is 26.6 Å². The van der Waals surface area contributed by atoms with E-state index in [1.54, 1.807) is 6.20 Å². The number of ether oxygens (including phenoxy) is 1. The number of carbonyl (C=O) groups excluding carboxylic acids is 1. The number of benzene rings is 2. The Morgan fingerprint density at radius 3 is 2.50 bits per heavy atom. The molecule has 2 heterocycles. The number of nitrogens with one attached hydrogen (secondary N) is 1. The molecule has 34 heavy (non-hydrogen) atoms.